The maximum atomic E-state index is 13.5. The van der Waals surface area contributed by atoms with Crippen LogP contribution in [0.25, 0.3) is 0 Å². The van der Waals surface area contributed by atoms with Crippen LogP contribution in [0.4, 0.5) is 0 Å². The molecule has 3 aliphatic heterocycles. The number of allylic oxidation sites excluding steroid dienone is 7. The van der Waals surface area contributed by atoms with Gasteiger partial charge in [-0.2, -0.15) is 0 Å². The average Bonchev–Trinajstić information content (AvgIpc) is 0.783. The standard InChI is InChI=1S/C81H149NO18/c1-3-5-7-9-11-13-15-17-19-21-23-25-27-28-29-30-31-32-33-34-35-36-37-39-41-43-45-47-49-51-53-55-57-59-69(87)82-64(65(86)58-56-54-52-50-48-46-44-42-40-38-26-24-22-20-18-16-14-12-10-8-6-4-2)63-95-79-75(93)72(90)77(67(61-84)97-79)100-81-76(94)73(91)78(68(62-85)98-81)99-80-74(92)71(89)70(88)66(60-83)96-80/h15,17,21,23,48,50,56,58,64-68,70-81,83-86,88-94H,3-14,16,18-20,22,24-47,49,51-55,57,59-63H2,1-2H3,(H,82,87)/b17-15-,23-21-,50-48+,58-56+. The fraction of sp³-hybridized carbons (Fsp3) is 0.889. The third kappa shape index (κ3) is 41.6. The van der Waals surface area contributed by atoms with Gasteiger partial charge in [0.05, 0.1) is 38.6 Å². The molecule has 0 aromatic carbocycles. The van der Waals surface area contributed by atoms with Gasteiger partial charge in [-0.25, -0.2) is 0 Å². The molecule has 3 rings (SSSR count). The summed E-state index contributed by atoms with van der Waals surface area (Å²) in [6.07, 6.45) is 51.1. The molecule has 0 aliphatic carbocycles. The van der Waals surface area contributed by atoms with Gasteiger partial charge in [0.2, 0.25) is 5.91 Å². The third-order valence-corrected chi connectivity index (χ3v) is 20.3. The Morgan fingerprint density at radius 1 is 0.360 bits per heavy atom. The van der Waals surface area contributed by atoms with Gasteiger partial charge in [0.1, 0.15) is 73.2 Å². The highest BCUT2D eigenvalue weighted by molar-refractivity contribution is 5.76. The fourth-order valence-corrected chi connectivity index (χ4v) is 13.8. The molecule has 3 fully saturated rings. The normalized spacial score (nSPS) is 26.7. The predicted octanol–water partition coefficient (Wildman–Crippen LogP) is 13.7. The summed E-state index contributed by atoms with van der Waals surface area (Å²) in [5, 5.41) is 121. The minimum atomic E-state index is -1.98. The van der Waals surface area contributed by atoms with Crippen LogP contribution in [0.3, 0.4) is 0 Å². The van der Waals surface area contributed by atoms with Crippen molar-refractivity contribution in [1.82, 2.24) is 5.32 Å². The van der Waals surface area contributed by atoms with E-state index in [9.17, 15) is 61.0 Å². The molecule has 586 valence electrons. The van der Waals surface area contributed by atoms with Crippen molar-refractivity contribution in [3.8, 4) is 0 Å². The lowest BCUT2D eigenvalue weighted by molar-refractivity contribution is -0.379. The van der Waals surface area contributed by atoms with E-state index >= 15 is 0 Å². The van der Waals surface area contributed by atoms with Gasteiger partial charge < -0.3 is 89.9 Å². The first kappa shape index (κ1) is 92.0. The Kier molecular flexibility index (Phi) is 56.9. The highest BCUT2D eigenvalue weighted by atomic mass is 16.8. The molecule has 3 aliphatic rings. The van der Waals surface area contributed by atoms with Crippen LogP contribution in [0.15, 0.2) is 48.6 Å². The third-order valence-electron chi connectivity index (χ3n) is 20.3. The van der Waals surface area contributed by atoms with E-state index in [1.165, 1.54) is 250 Å². The molecule has 0 bridgehead atoms. The number of carbonyl (C=O) groups excluding carboxylic acids is 1. The molecule has 0 aromatic heterocycles. The summed E-state index contributed by atoms with van der Waals surface area (Å²) >= 11 is 0. The molecule has 19 heteroatoms. The summed E-state index contributed by atoms with van der Waals surface area (Å²) in [5.41, 5.74) is 0. The smallest absolute Gasteiger partial charge is 0.220 e. The van der Waals surface area contributed by atoms with Gasteiger partial charge in [-0.15, -0.1) is 0 Å². The monoisotopic (exact) mass is 1420 g/mol. The van der Waals surface area contributed by atoms with Gasteiger partial charge >= 0.3 is 0 Å². The Balaban J connectivity index is 1.36. The van der Waals surface area contributed by atoms with Gasteiger partial charge in [0, 0.05) is 6.42 Å². The molecule has 12 N–H and O–H groups in total. The Morgan fingerprint density at radius 3 is 1.06 bits per heavy atom. The molecule has 0 aromatic rings. The first-order chi connectivity index (χ1) is 48.8. The molecular formula is C81H149NO18. The number of hydrogen-bond acceptors (Lipinski definition) is 18. The zero-order valence-electron chi connectivity index (χ0n) is 62.7. The van der Waals surface area contributed by atoms with Gasteiger partial charge in [0.25, 0.3) is 0 Å². The quantitative estimate of drug-likeness (QED) is 0.0199. The van der Waals surface area contributed by atoms with E-state index in [1.807, 2.05) is 6.08 Å². The summed E-state index contributed by atoms with van der Waals surface area (Å²) in [6.45, 7) is 1.75. The first-order valence-corrected chi connectivity index (χ1v) is 40.9. The Labute approximate surface area is 605 Å². The molecular weight excluding hydrogens is 1270 g/mol. The summed E-state index contributed by atoms with van der Waals surface area (Å²) < 4.78 is 34.4. The highest BCUT2D eigenvalue weighted by Crippen LogP contribution is 2.33. The van der Waals surface area contributed by atoms with Crippen molar-refractivity contribution >= 4 is 5.91 Å². The van der Waals surface area contributed by atoms with Crippen molar-refractivity contribution in [2.24, 2.45) is 0 Å². The summed E-state index contributed by atoms with van der Waals surface area (Å²) in [4.78, 5) is 13.5. The number of amides is 1. The number of aliphatic hydroxyl groups excluding tert-OH is 11. The number of aliphatic hydroxyl groups is 11. The second kappa shape index (κ2) is 61.9. The number of ether oxygens (including phenoxy) is 6. The van der Waals surface area contributed by atoms with Gasteiger partial charge in [-0.3, -0.25) is 4.79 Å². The number of carbonyl (C=O) groups is 1. The predicted molar refractivity (Wildman–Crippen MR) is 397 cm³/mol. The zero-order chi connectivity index (χ0) is 72.5. The van der Waals surface area contributed by atoms with Crippen LogP contribution in [0.1, 0.15) is 328 Å². The minimum Gasteiger partial charge on any atom is -0.394 e. The molecule has 0 spiro atoms. The van der Waals surface area contributed by atoms with Crippen LogP contribution < -0.4 is 5.32 Å². The van der Waals surface area contributed by atoms with E-state index in [-0.39, 0.29) is 18.9 Å². The molecule has 3 saturated heterocycles. The molecule has 0 saturated carbocycles. The van der Waals surface area contributed by atoms with Crippen molar-refractivity contribution < 1.29 is 89.4 Å². The van der Waals surface area contributed by atoms with E-state index < -0.39 is 124 Å². The van der Waals surface area contributed by atoms with Gasteiger partial charge in [-0.05, 0) is 64.2 Å². The van der Waals surface area contributed by atoms with Crippen molar-refractivity contribution in [2.45, 2.75) is 433 Å². The van der Waals surface area contributed by atoms with Crippen molar-refractivity contribution in [3.63, 3.8) is 0 Å². The molecule has 0 radical (unpaired) electrons. The second-order valence-electron chi connectivity index (χ2n) is 29.2. The fourth-order valence-electron chi connectivity index (χ4n) is 13.8. The maximum absolute atomic E-state index is 13.5. The van der Waals surface area contributed by atoms with E-state index in [0.717, 1.165) is 44.9 Å². The SMILES string of the molecule is CCCCCCC/C=C\C/C=C\CCCCCCCCCCCCCCCCCCCCCCCC(=O)NC(COC1OC(CO)C(OC2OC(CO)C(OC3OC(CO)C(O)C(O)C3O)C(O)C2O)C(O)C1O)C(O)/C=C/CC/C=C/CCCCCCCCCCCCCCCCCC. The van der Waals surface area contributed by atoms with Crippen LogP contribution in [0.5, 0.6) is 0 Å². The van der Waals surface area contributed by atoms with Crippen LogP contribution in [0.2, 0.25) is 0 Å². The Bertz CT molecular complexity index is 1990. The Hall–Kier alpha value is -2.25. The Morgan fingerprint density at radius 2 is 0.670 bits per heavy atom. The van der Waals surface area contributed by atoms with E-state index in [4.69, 9.17) is 28.4 Å². The van der Waals surface area contributed by atoms with Gasteiger partial charge in [0.15, 0.2) is 18.9 Å². The van der Waals surface area contributed by atoms with E-state index in [1.54, 1.807) is 6.08 Å². The van der Waals surface area contributed by atoms with E-state index in [0.29, 0.717) is 12.8 Å². The van der Waals surface area contributed by atoms with E-state index in [2.05, 4.69) is 55.6 Å². The molecule has 19 nitrogen and oxygen atoms in total. The lowest BCUT2D eigenvalue weighted by atomic mass is 9.96. The highest BCUT2D eigenvalue weighted by Gasteiger charge is 2.54. The van der Waals surface area contributed by atoms with Crippen LogP contribution in [0, 0.1) is 0 Å². The summed E-state index contributed by atoms with van der Waals surface area (Å²) in [5.74, 6) is -0.280. The minimum absolute atomic E-state index is 0.238. The lowest BCUT2D eigenvalue weighted by Gasteiger charge is -2.48. The van der Waals surface area contributed by atoms with Crippen LogP contribution in [-0.4, -0.2) is 193 Å². The van der Waals surface area contributed by atoms with Gasteiger partial charge in [-0.1, -0.05) is 306 Å². The number of nitrogens with one attached hydrogen (secondary N) is 1. The van der Waals surface area contributed by atoms with Crippen LogP contribution >= 0.6 is 0 Å². The van der Waals surface area contributed by atoms with Crippen molar-refractivity contribution in [3.05, 3.63) is 48.6 Å². The van der Waals surface area contributed by atoms with Crippen molar-refractivity contribution in [1.29, 1.82) is 0 Å². The average molecular weight is 1430 g/mol. The summed E-state index contributed by atoms with van der Waals surface area (Å²) in [7, 11) is 0. The summed E-state index contributed by atoms with van der Waals surface area (Å²) in [6, 6.07) is -0.991. The molecule has 100 heavy (non-hydrogen) atoms. The molecule has 3 heterocycles. The maximum Gasteiger partial charge on any atom is 0.220 e. The number of rotatable bonds is 65. The first-order valence-electron chi connectivity index (χ1n) is 40.9. The topological polar surface area (TPSA) is 307 Å². The number of hydrogen-bond donors (Lipinski definition) is 12. The largest absolute Gasteiger partial charge is 0.394 e. The second-order valence-corrected chi connectivity index (χ2v) is 29.2. The van der Waals surface area contributed by atoms with Crippen LogP contribution in [-0.2, 0) is 33.2 Å². The number of unbranched alkanes of at least 4 members (excludes halogenated alkanes) is 43. The molecule has 17 unspecified atom stereocenters. The molecule has 17 atom stereocenters. The molecule has 1 amide bonds. The van der Waals surface area contributed by atoms with Crippen molar-refractivity contribution in [2.75, 3.05) is 26.4 Å². The lowest BCUT2D eigenvalue weighted by Crippen LogP contribution is -2.66. The zero-order valence-corrected chi connectivity index (χ0v) is 62.7.